The van der Waals surface area contributed by atoms with Crippen molar-refractivity contribution < 1.29 is 37.6 Å². The Morgan fingerprint density at radius 1 is 0.682 bits per heavy atom. The number of ether oxygens (including phenoxy) is 2. The third-order valence-electron chi connectivity index (χ3n) is 7.46. The van der Waals surface area contributed by atoms with Crippen LogP contribution >= 0.6 is 7.82 Å². The van der Waals surface area contributed by atoms with E-state index < -0.39 is 32.5 Å². The van der Waals surface area contributed by atoms with Crippen molar-refractivity contribution >= 4 is 19.8 Å². The van der Waals surface area contributed by atoms with Crippen molar-refractivity contribution in [3.63, 3.8) is 0 Å². The van der Waals surface area contributed by atoms with Crippen molar-refractivity contribution in [1.29, 1.82) is 0 Å². The Kier molecular flexibility index (Phi) is 30.8. The molecule has 0 heterocycles. The highest BCUT2D eigenvalue weighted by molar-refractivity contribution is 7.47. The van der Waals surface area contributed by atoms with E-state index >= 15 is 0 Å². The summed E-state index contributed by atoms with van der Waals surface area (Å²) in [6.45, 7) is 3.12. The van der Waals surface area contributed by atoms with E-state index in [-0.39, 0.29) is 32.6 Å². The molecule has 2 unspecified atom stereocenters. The number of unbranched alkanes of at least 4 members (excludes halogenated alkanes) is 19. The van der Waals surface area contributed by atoms with Crippen molar-refractivity contribution in [2.45, 2.75) is 168 Å². The number of phosphoric acid groups is 1. The third-order valence-corrected chi connectivity index (χ3v) is 8.44. The number of esters is 2. The summed E-state index contributed by atoms with van der Waals surface area (Å²) in [5, 5.41) is 0. The van der Waals surface area contributed by atoms with E-state index in [1.54, 1.807) is 6.92 Å². The molecule has 0 aromatic rings. The third kappa shape index (κ3) is 30.8. The van der Waals surface area contributed by atoms with Crippen LogP contribution < -0.4 is 5.73 Å². The first-order valence-electron chi connectivity index (χ1n) is 17.7. The number of carbonyl (C=O) groups excluding carboxylic acids is 2. The lowest BCUT2D eigenvalue weighted by Crippen LogP contribution is -2.29. The SMILES string of the molecule is CCCCCCCCCC/C=C\CCCCCCCCCCCCCC(=O)OC(COC(=O)CC)COP(=O)(O)OCCN. The number of allylic oxidation sites excluding steroid dienone is 2. The van der Waals surface area contributed by atoms with E-state index in [0.29, 0.717) is 6.42 Å². The van der Waals surface area contributed by atoms with Gasteiger partial charge in [-0.15, -0.1) is 0 Å². The predicted octanol–water partition coefficient (Wildman–Crippen LogP) is 9.10. The molecule has 0 amide bonds. The molecule has 260 valence electrons. The topological polar surface area (TPSA) is 134 Å². The summed E-state index contributed by atoms with van der Waals surface area (Å²) in [6.07, 6.45) is 30.7. The first-order chi connectivity index (χ1) is 21.3. The lowest BCUT2D eigenvalue weighted by molar-refractivity contribution is -0.161. The van der Waals surface area contributed by atoms with E-state index in [1.807, 2.05) is 0 Å². The standard InChI is InChI=1S/C34H66NO8P/c1-3-5-6-7-8-9-10-11-12-13-14-15-16-17-18-19-20-21-22-23-24-25-26-27-34(37)43-32(30-40-33(36)4-2)31-42-44(38,39)41-29-28-35/h13-14,32H,3-12,15-31,35H2,1-2H3,(H,38,39)/b14-13-. The Morgan fingerprint density at radius 3 is 1.64 bits per heavy atom. The number of rotatable bonds is 33. The van der Waals surface area contributed by atoms with E-state index in [1.165, 1.54) is 109 Å². The largest absolute Gasteiger partial charge is 0.472 e. The van der Waals surface area contributed by atoms with Gasteiger partial charge in [-0.25, -0.2) is 4.57 Å². The number of nitrogens with two attached hydrogens (primary N) is 1. The van der Waals surface area contributed by atoms with E-state index in [0.717, 1.165) is 19.3 Å². The zero-order valence-electron chi connectivity index (χ0n) is 28.2. The molecule has 3 N–H and O–H groups in total. The van der Waals surface area contributed by atoms with Crippen molar-refractivity contribution in [3.05, 3.63) is 12.2 Å². The summed E-state index contributed by atoms with van der Waals surface area (Å²) in [5.74, 6) is -0.925. The van der Waals surface area contributed by atoms with Gasteiger partial charge in [-0.2, -0.15) is 0 Å². The summed E-state index contributed by atoms with van der Waals surface area (Å²) in [6, 6.07) is 0. The fourth-order valence-electron chi connectivity index (χ4n) is 4.79. The average Bonchev–Trinajstić information content (AvgIpc) is 3.01. The Balaban J connectivity index is 3.72. The summed E-state index contributed by atoms with van der Waals surface area (Å²) in [7, 11) is -4.34. The fraction of sp³-hybridized carbons (Fsp3) is 0.882. The number of hydrogen-bond donors (Lipinski definition) is 2. The van der Waals surface area contributed by atoms with Crippen molar-refractivity contribution in [2.75, 3.05) is 26.4 Å². The van der Waals surface area contributed by atoms with Crippen LogP contribution in [-0.2, 0) is 32.7 Å². The molecule has 0 radical (unpaired) electrons. The maximum Gasteiger partial charge on any atom is 0.472 e. The highest BCUT2D eigenvalue weighted by Crippen LogP contribution is 2.43. The minimum Gasteiger partial charge on any atom is -0.462 e. The van der Waals surface area contributed by atoms with Gasteiger partial charge in [-0.1, -0.05) is 129 Å². The van der Waals surface area contributed by atoms with Crippen molar-refractivity contribution in [2.24, 2.45) is 5.73 Å². The zero-order valence-corrected chi connectivity index (χ0v) is 29.0. The second kappa shape index (κ2) is 31.7. The van der Waals surface area contributed by atoms with Gasteiger partial charge < -0.3 is 20.1 Å². The zero-order chi connectivity index (χ0) is 32.6. The molecule has 9 nitrogen and oxygen atoms in total. The van der Waals surface area contributed by atoms with Crippen LogP contribution in [0.3, 0.4) is 0 Å². The van der Waals surface area contributed by atoms with Gasteiger partial charge in [0.25, 0.3) is 0 Å². The molecule has 0 rings (SSSR count). The van der Waals surface area contributed by atoms with Crippen LogP contribution in [0.25, 0.3) is 0 Å². The number of phosphoric ester groups is 1. The molecule has 0 aromatic carbocycles. The normalized spacial score (nSPS) is 13.6. The smallest absolute Gasteiger partial charge is 0.462 e. The molecular formula is C34H66NO8P. The average molecular weight is 648 g/mol. The second-order valence-corrected chi connectivity index (χ2v) is 13.2. The molecule has 44 heavy (non-hydrogen) atoms. The van der Waals surface area contributed by atoms with Gasteiger partial charge >= 0.3 is 19.8 Å². The van der Waals surface area contributed by atoms with Gasteiger partial charge in [-0.3, -0.25) is 18.6 Å². The fourth-order valence-corrected chi connectivity index (χ4v) is 5.55. The molecule has 0 saturated carbocycles. The quantitative estimate of drug-likeness (QED) is 0.0309. The highest BCUT2D eigenvalue weighted by Gasteiger charge is 2.25. The highest BCUT2D eigenvalue weighted by atomic mass is 31.2. The van der Waals surface area contributed by atoms with Crippen LogP contribution in [0, 0.1) is 0 Å². The summed E-state index contributed by atoms with van der Waals surface area (Å²) < 4.78 is 31.8. The van der Waals surface area contributed by atoms with Crippen LogP contribution in [0.15, 0.2) is 12.2 Å². The Hall–Kier alpha value is -1.25. The molecule has 0 spiro atoms. The van der Waals surface area contributed by atoms with Crippen LogP contribution in [0.1, 0.15) is 162 Å². The Morgan fingerprint density at radius 2 is 1.16 bits per heavy atom. The second-order valence-electron chi connectivity index (χ2n) is 11.7. The van der Waals surface area contributed by atoms with Crippen LogP contribution in [0.5, 0.6) is 0 Å². The number of carbonyl (C=O) groups is 2. The van der Waals surface area contributed by atoms with Crippen LogP contribution in [-0.4, -0.2) is 49.3 Å². The number of hydrogen-bond acceptors (Lipinski definition) is 8. The van der Waals surface area contributed by atoms with Crippen molar-refractivity contribution in [1.82, 2.24) is 0 Å². The molecule has 2 atom stereocenters. The van der Waals surface area contributed by atoms with Gasteiger partial charge in [0, 0.05) is 19.4 Å². The minimum atomic E-state index is -4.34. The van der Waals surface area contributed by atoms with Crippen LogP contribution in [0.2, 0.25) is 0 Å². The lowest BCUT2D eigenvalue weighted by atomic mass is 10.0. The molecule has 10 heteroatoms. The molecule has 0 fully saturated rings. The maximum atomic E-state index is 12.3. The Bertz CT molecular complexity index is 749. The Labute approximate surface area is 269 Å². The maximum absolute atomic E-state index is 12.3. The summed E-state index contributed by atoms with van der Waals surface area (Å²) in [4.78, 5) is 33.4. The summed E-state index contributed by atoms with van der Waals surface area (Å²) in [5.41, 5.74) is 5.26. The van der Waals surface area contributed by atoms with Gasteiger partial charge in [0.1, 0.15) is 6.61 Å². The molecule has 0 saturated heterocycles. The van der Waals surface area contributed by atoms with E-state index in [4.69, 9.17) is 19.7 Å². The minimum absolute atomic E-state index is 0.0537. The lowest BCUT2D eigenvalue weighted by Gasteiger charge is -2.19. The molecule has 0 aromatic heterocycles. The molecule has 0 aliphatic heterocycles. The van der Waals surface area contributed by atoms with Gasteiger partial charge in [0.15, 0.2) is 6.10 Å². The molecule has 0 aliphatic carbocycles. The van der Waals surface area contributed by atoms with Gasteiger partial charge in [0.05, 0.1) is 13.2 Å². The van der Waals surface area contributed by atoms with Gasteiger partial charge in [-0.05, 0) is 32.1 Å². The first-order valence-corrected chi connectivity index (χ1v) is 19.2. The van der Waals surface area contributed by atoms with Crippen LogP contribution in [0.4, 0.5) is 0 Å². The van der Waals surface area contributed by atoms with E-state index in [2.05, 4.69) is 23.6 Å². The first kappa shape index (κ1) is 42.8. The summed E-state index contributed by atoms with van der Waals surface area (Å²) >= 11 is 0. The van der Waals surface area contributed by atoms with Crippen molar-refractivity contribution in [3.8, 4) is 0 Å². The molecule has 0 aliphatic rings. The molecular weight excluding hydrogens is 581 g/mol. The van der Waals surface area contributed by atoms with Gasteiger partial charge in [0.2, 0.25) is 0 Å². The predicted molar refractivity (Wildman–Crippen MR) is 178 cm³/mol. The van der Waals surface area contributed by atoms with E-state index in [9.17, 15) is 19.0 Å². The monoisotopic (exact) mass is 647 g/mol. The molecule has 0 bridgehead atoms.